The number of amides is 3. The topological polar surface area (TPSA) is 82.2 Å². The van der Waals surface area contributed by atoms with Gasteiger partial charge in [-0.15, -0.1) is 0 Å². The molecule has 0 spiro atoms. The van der Waals surface area contributed by atoms with Crippen LogP contribution in [0.1, 0.15) is 0 Å². The quantitative estimate of drug-likeness (QED) is 0.569. The van der Waals surface area contributed by atoms with Crippen molar-refractivity contribution in [3.63, 3.8) is 0 Å². The van der Waals surface area contributed by atoms with Crippen molar-refractivity contribution in [1.29, 1.82) is 0 Å². The zero-order chi connectivity index (χ0) is 14.8. The second kappa shape index (κ2) is 5.98. The van der Waals surface area contributed by atoms with E-state index in [2.05, 4.69) is 5.32 Å². The van der Waals surface area contributed by atoms with E-state index in [1.807, 2.05) is 0 Å². The van der Waals surface area contributed by atoms with Gasteiger partial charge in [-0.1, -0.05) is 0 Å². The van der Waals surface area contributed by atoms with Crippen molar-refractivity contribution in [2.45, 2.75) is 6.04 Å². The first-order chi connectivity index (χ1) is 10.2. The molecule has 21 heavy (non-hydrogen) atoms. The molecule has 0 aromatic rings. The Kier molecular flexibility index (Phi) is 4.07. The summed E-state index contributed by atoms with van der Waals surface area (Å²) >= 11 is 0. The summed E-state index contributed by atoms with van der Waals surface area (Å²) in [6.45, 7) is 4.49. The number of hydrogen-bond acceptors (Lipinski definition) is 5. The molecule has 1 N–H and O–H groups in total. The highest BCUT2D eigenvalue weighted by molar-refractivity contribution is 6.35. The van der Waals surface area contributed by atoms with Crippen molar-refractivity contribution in [3.8, 4) is 0 Å². The van der Waals surface area contributed by atoms with Gasteiger partial charge in [-0.3, -0.25) is 14.4 Å². The molecule has 0 aromatic carbocycles. The maximum absolute atomic E-state index is 12.2. The Morgan fingerprint density at radius 2 is 1.95 bits per heavy atom. The molecule has 0 aromatic heterocycles. The highest BCUT2D eigenvalue weighted by Gasteiger charge is 2.40. The van der Waals surface area contributed by atoms with Crippen LogP contribution in [0.15, 0.2) is 0 Å². The standard InChI is InChI=1S/C13H20N4O4/c18-11(15-3-5-21-6-4-15)9-16-8-10-7-14-1-2-17(10)13(20)12(16)19/h10,14H,1-9H2. The first-order valence-corrected chi connectivity index (χ1v) is 7.33. The Balaban J connectivity index is 1.63. The van der Waals surface area contributed by atoms with Crippen molar-refractivity contribution < 1.29 is 19.1 Å². The third kappa shape index (κ3) is 2.86. The average Bonchev–Trinajstić information content (AvgIpc) is 2.53. The van der Waals surface area contributed by atoms with Crippen LogP contribution in [0.2, 0.25) is 0 Å². The molecule has 0 bridgehead atoms. The minimum atomic E-state index is -0.560. The predicted molar refractivity (Wildman–Crippen MR) is 72.3 cm³/mol. The lowest BCUT2D eigenvalue weighted by Crippen LogP contribution is -2.66. The summed E-state index contributed by atoms with van der Waals surface area (Å²) in [4.78, 5) is 41.1. The number of rotatable bonds is 2. The van der Waals surface area contributed by atoms with E-state index in [-0.39, 0.29) is 18.5 Å². The van der Waals surface area contributed by atoms with E-state index in [1.165, 1.54) is 4.90 Å². The summed E-state index contributed by atoms with van der Waals surface area (Å²) in [5.41, 5.74) is 0. The number of piperazine rings is 2. The van der Waals surface area contributed by atoms with Gasteiger partial charge in [-0.25, -0.2) is 0 Å². The van der Waals surface area contributed by atoms with E-state index in [1.54, 1.807) is 9.80 Å². The zero-order valence-electron chi connectivity index (χ0n) is 11.9. The van der Waals surface area contributed by atoms with E-state index in [4.69, 9.17) is 4.74 Å². The number of nitrogens with zero attached hydrogens (tertiary/aromatic N) is 3. The van der Waals surface area contributed by atoms with Gasteiger partial charge >= 0.3 is 11.8 Å². The van der Waals surface area contributed by atoms with Gasteiger partial charge in [0.05, 0.1) is 19.3 Å². The van der Waals surface area contributed by atoms with Crippen LogP contribution in [-0.4, -0.2) is 97.5 Å². The number of hydrogen-bond donors (Lipinski definition) is 1. The Morgan fingerprint density at radius 1 is 1.19 bits per heavy atom. The fourth-order valence-corrected chi connectivity index (χ4v) is 3.00. The normalized spacial score (nSPS) is 26.9. The van der Waals surface area contributed by atoms with Crippen LogP contribution < -0.4 is 5.32 Å². The fraction of sp³-hybridized carbons (Fsp3) is 0.769. The maximum atomic E-state index is 12.2. The van der Waals surface area contributed by atoms with Crippen molar-refractivity contribution in [2.24, 2.45) is 0 Å². The van der Waals surface area contributed by atoms with Crippen LogP contribution in [0.5, 0.6) is 0 Å². The SMILES string of the molecule is O=C(CN1CC2CNCCN2C(=O)C1=O)N1CCOCC1. The molecule has 1 atom stereocenters. The van der Waals surface area contributed by atoms with Gasteiger partial charge in [0.15, 0.2) is 0 Å². The van der Waals surface area contributed by atoms with Gasteiger partial charge in [0.1, 0.15) is 6.54 Å². The average molecular weight is 296 g/mol. The second-order valence-corrected chi connectivity index (χ2v) is 5.54. The molecule has 3 heterocycles. The van der Waals surface area contributed by atoms with Crippen molar-refractivity contribution in [3.05, 3.63) is 0 Å². The highest BCUT2D eigenvalue weighted by atomic mass is 16.5. The molecular formula is C13H20N4O4. The minimum Gasteiger partial charge on any atom is -0.378 e. The molecule has 3 fully saturated rings. The van der Waals surface area contributed by atoms with Crippen molar-refractivity contribution >= 4 is 17.7 Å². The lowest BCUT2D eigenvalue weighted by atomic mass is 10.1. The number of nitrogens with one attached hydrogen (secondary N) is 1. The fourth-order valence-electron chi connectivity index (χ4n) is 3.00. The molecule has 116 valence electrons. The molecule has 0 saturated carbocycles. The van der Waals surface area contributed by atoms with Crippen LogP contribution in [0, 0.1) is 0 Å². The maximum Gasteiger partial charge on any atom is 0.312 e. The zero-order valence-corrected chi connectivity index (χ0v) is 11.9. The smallest absolute Gasteiger partial charge is 0.312 e. The summed E-state index contributed by atoms with van der Waals surface area (Å²) in [5, 5.41) is 3.21. The summed E-state index contributed by atoms with van der Waals surface area (Å²) < 4.78 is 5.21. The summed E-state index contributed by atoms with van der Waals surface area (Å²) in [7, 11) is 0. The first-order valence-electron chi connectivity index (χ1n) is 7.33. The first kappa shape index (κ1) is 14.3. The van der Waals surface area contributed by atoms with E-state index in [9.17, 15) is 14.4 Å². The number of ether oxygens (including phenoxy) is 1. The molecule has 3 aliphatic heterocycles. The monoisotopic (exact) mass is 296 g/mol. The summed E-state index contributed by atoms with van der Waals surface area (Å²) in [6.07, 6.45) is 0. The van der Waals surface area contributed by atoms with Gasteiger partial charge in [-0.2, -0.15) is 0 Å². The van der Waals surface area contributed by atoms with Crippen molar-refractivity contribution in [1.82, 2.24) is 20.0 Å². The number of carbonyl (C=O) groups excluding carboxylic acids is 3. The second-order valence-electron chi connectivity index (χ2n) is 5.54. The van der Waals surface area contributed by atoms with E-state index < -0.39 is 11.8 Å². The van der Waals surface area contributed by atoms with Gasteiger partial charge < -0.3 is 24.8 Å². The molecule has 0 radical (unpaired) electrons. The van der Waals surface area contributed by atoms with Crippen molar-refractivity contribution in [2.75, 3.05) is 59.0 Å². The van der Waals surface area contributed by atoms with Gasteiger partial charge in [0, 0.05) is 39.3 Å². The van der Waals surface area contributed by atoms with Gasteiger partial charge in [0.25, 0.3) is 0 Å². The van der Waals surface area contributed by atoms with Crippen LogP contribution in [0.25, 0.3) is 0 Å². The largest absolute Gasteiger partial charge is 0.378 e. The van der Waals surface area contributed by atoms with Gasteiger partial charge in [0.2, 0.25) is 5.91 Å². The third-order valence-corrected chi connectivity index (χ3v) is 4.20. The Morgan fingerprint density at radius 3 is 2.71 bits per heavy atom. The molecule has 3 saturated heterocycles. The summed E-state index contributed by atoms with van der Waals surface area (Å²) in [5.74, 6) is -1.16. The molecule has 1 unspecified atom stereocenters. The van der Waals surface area contributed by atoms with Gasteiger partial charge in [-0.05, 0) is 0 Å². The number of fused-ring (bicyclic) bond motifs is 1. The van der Waals surface area contributed by atoms with E-state index in [0.29, 0.717) is 52.5 Å². The van der Waals surface area contributed by atoms with E-state index in [0.717, 1.165) is 0 Å². The molecule has 3 aliphatic rings. The lowest BCUT2D eigenvalue weighted by Gasteiger charge is -2.43. The Hall–Kier alpha value is -1.67. The molecular weight excluding hydrogens is 276 g/mol. The molecule has 3 amide bonds. The Bertz CT molecular complexity index is 449. The Labute approximate surface area is 123 Å². The number of carbonyl (C=O) groups is 3. The highest BCUT2D eigenvalue weighted by Crippen LogP contribution is 2.14. The molecule has 8 nitrogen and oxygen atoms in total. The lowest BCUT2D eigenvalue weighted by molar-refractivity contribution is -0.161. The van der Waals surface area contributed by atoms with Crippen LogP contribution in [-0.2, 0) is 19.1 Å². The molecule has 0 aliphatic carbocycles. The third-order valence-electron chi connectivity index (χ3n) is 4.20. The van der Waals surface area contributed by atoms with Crippen LogP contribution in [0.4, 0.5) is 0 Å². The number of morpholine rings is 1. The predicted octanol–water partition coefficient (Wildman–Crippen LogP) is -2.51. The summed E-state index contributed by atoms with van der Waals surface area (Å²) in [6, 6.07) is -0.0264. The van der Waals surface area contributed by atoms with Crippen LogP contribution in [0.3, 0.4) is 0 Å². The molecule has 3 rings (SSSR count). The minimum absolute atomic E-state index is 0.0189. The molecule has 8 heteroatoms. The van der Waals surface area contributed by atoms with Crippen LogP contribution >= 0.6 is 0 Å². The van der Waals surface area contributed by atoms with E-state index >= 15 is 0 Å².